The van der Waals surface area contributed by atoms with Crippen molar-refractivity contribution in [3.05, 3.63) is 64.2 Å². The van der Waals surface area contributed by atoms with Gasteiger partial charge in [-0.1, -0.05) is 25.4 Å². The Balaban J connectivity index is 1.95. The highest BCUT2D eigenvalue weighted by atomic mass is 35.5. The Hall–Kier alpha value is -2.80. The minimum absolute atomic E-state index is 0.133. The van der Waals surface area contributed by atoms with Crippen molar-refractivity contribution < 1.29 is 27.9 Å². The maximum absolute atomic E-state index is 13.2. The van der Waals surface area contributed by atoms with Gasteiger partial charge in [-0.2, -0.15) is 0 Å². The number of amides is 1. The quantitative estimate of drug-likeness (QED) is 0.410. The van der Waals surface area contributed by atoms with E-state index < -0.39 is 30.0 Å². The van der Waals surface area contributed by atoms with Crippen LogP contribution in [0.15, 0.2) is 36.4 Å². The van der Waals surface area contributed by atoms with Gasteiger partial charge in [0.2, 0.25) is 5.91 Å². The van der Waals surface area contributed by atoms with Crippen LogP contribution in [-0.4, -0.2) is 24.3 Å². The average molecular weight is 410 g/mol. The van der Waals surface area contributed by atoms with Crippen molar-refractivity contribution >= 4 is 34.9 Å². The first kappa shape index (κ1) is 21.5. The van der Waals surface area contributed by atoms with Gasteiger partial charge < -0.3 is 10.1 Å². The van der Waals surface area contributed by atoms with Crippen LogP contribution in [0.1, 0.15) is 41.0 Å². The zero-order valence-corrected chi connectivity index (χ0v) is 16.0. The second kappa shape index (κ2) is 9.41. The summed E-state index contributed by atoms with van der Waals surface area (Å²) < 4.78 is 31.1. The average Bonchev–Trinajstić information content (AvgIpc) is 2.62. The lowest BCUT2D eigenvalue weighted by Gasteiger charge is -2.09. The molecule has 0 heterocycles. The zero-order valence-electron chi connectivity index (χ0n) is 15.2. The van der Waals surface area contributed by atoms with Gasteiger partial charge in [-0.15, -0.1) is 0 Å². The maximum atomic E-state index is 13.2. The number of halogens is 3. The molecule has 0 fully saturated rings. The number of ether oxygens (including phenoxy) is 1. The molecule has 0 saturated heterocycles. The van der Waals surface area contributed by atoms with Gasteiger partial charge >= 0.3 is 5.97 Å². The molecule has 2 aromatic rings. The highest BCUT2D eigenvalue weighted by Crippen LogP contribution is 2.21. The molecule has 148 valence electrons. The fourth-order valence-corrected chi connectivity index (χ4v) is 2.52. The van der Waals surface area contributed by atoms with Gasteiger partial charge in [0.05, 0.1) is 10.6 Å². The molecule has 0 aliphatic heterocycles. The topological polar surface area (TPSA) is 72.5 Å². The van der Waals surface area contributed by atoms with Crippen molar-refractivity contribution in [3.63, 3.8) is 0 Å². The highest BCUT2D eigenvalue weighted by Gasteiger charge is 2.18. The van der Waals surface area contributed by atoms with E-state index in [2.05, 4.69) is 5.32 Å². The van der Waals surface area contributed by atoms with E-state index in [1.165, 1.54) is 12.1 Å². The Morgan fingerprint density at radius 2 is 1.68 bits per heavy atom. The normalized spacial score (nSPS) is 10.6. The number of carbonyl (C=O) groups excluding carboxylic acids is 3. The van der Waals surface area contributed by atoms with Gasteiger partial charge in [0.25, 0.3) is 0 Å². The molecular formula is C20H18ClF2NO4. The number of rotatable bonds is 7. The Labute approximate surface area is 165 Å². The Morgan fingerprint density at radius 1 is 1.07 bits per heavy atom. The first-order valence-corrected chi connectivity index (χ1v) is 8.80. The molecule has 0 radical (unpaired) electrons. The van der Waals surface area contributed by atoms with Crippen LogP contribution < -0.4 is 5.32 Å². The molecule has 2 rings (SSSR count). The summed E-state index contributed by atoms with van der Waals surface area (Å²) in [7, 11) is 0. The number of carbonyl (C=O) groups is 3. The monoisotopic (exact) mass is 409 g/mol. The van der Waals surface area contributed by atoms with Crippen LogP contribution in [0.3, 0.4) is 0 Å². The van der Waals surface area contributed by atoms with Crippen LogP contribution >= 0.6 is 11.6 Å². The van der Waals surface area contributed by atoms with Crippen LogP contribution in [0.2, 0.25) is 5.02 Å². The number of anilines is 1. The van der Waals surface area contributed by atoms with E-state index in [0.29, 0.717) is 24.2 Å². The van der Waals surface area contributed by atoms with Crippen molar-refractivity contribution in [2.45, 2.75) is 20.3 Å². The number of esters is 1. The molecule has 0 bridgehead atoms. The van der Waals surface area contributed by atoms with Gasteiger partial charge in [0, 0.05) is 17.7 Å². The molecule has 5 nitrogen and oxygen atoms in total. The maximum Gasteiger partial charge on any atom is 0.340 e. The number of Topliss-reactive ketones (excluding diaryl/α,β-unsaturated/α-hetero) is 1. The van der Waals surface area contributed by atoms with Crippen molar-refractivity contribution in [2.24, 2.45) is 5.92 Å². The molecule has 0 unspecified atom stereocenters. The summed E-state index contributed by atoms with van der Waals surface area (Å²) in [5.74, 6) is -3.91. The van der Waals surface area contributed by atoms with Crippen molar-refractivity contribution in [1.82, 2.24) is 0 Å². The number of hydrogen-bond acceptors (Lipinski definition) is 4. The second-order valence-electron chi connectivity index (χ2n) is 6.47. The summed E-state index contributed by atoms with van der Waals surface area (Å²) in [6, 6.07) is 7.33. The Bertz CT molecular complexity index is 898. The van der Waals surface area contributed by atoms with Crippen LogP contribution in [0.4, 0.5) is 14.5 Å². The molecule has 0 aliphatic rings. The van der Waals surface area contributed by atoms with E-state index in [1.54, 1.807) is 12.1 Å². The number of benzene rings is 2. The fraction of sp³-hybridized carbons (Fsp3) is 0.250. The van der Waals surface area contributed by atoms with Crippen molar-refractivity contribution in [2.75, 3.05) is 11.9 Å². The highest BCUT2D eigenvalue weighted by molar-refractivity contribution is 6.33. The van der Waals surface area contributed by atoms with Gasteiger partial charge in [0.1, 0.15) is 0 Å². The van der Waals surface area contributed by atoms with Crippen LogP contribution in [0, 0.1) is 17.6 Å². The molecule has 0 aliphatic carbocycles. The van der Waals surface area contributed by atoms with E-state index >= 15 is 0 Å². The smallest absolute Gasteiger partial charge is 0.340 e. The number of ketones is 1. The minimum atomic E-state index is -1.25. The second-order valence-corrected chi connectivity index (χ2v) is 6.88. The molecule has 0 spiro atoms. The molecular weight excluding hydrogens is 392 g/mol. The van der Waals surface area contributed by atoms with Gasteiger partial charge in [-0.3, -0.25) is 9.59 Å². The summed E-state index contributed by atoms with van der Waals surface area (Å²) >= 11 is 5.69. The Kier molecular flexibility index (Phi) is 7.23. The van der Waals surface area contributed by atoms with Crippen molar-refractivity contribution in [1.29, 1.82) is 0 Å². The molecule has 0 saturated carbocycles. The summed E-state index contributed by atoms with van der Waals surface area (Å²) in [6.07, 6.45) is 0.378. The van der Waals surface area contributed by atoms with E-state index in [1.807, 2.05) is 13.8 Å². The Morgan fingerprint density at radius 3 is 2.29 bits per heavy atom. The largest absolute Gasteiger partial charge is 0.454 e. The van der Waals surface area contributed by atoms with Crippen LogP contribution in [0.25, 0.3) is 0 Å². The standard InChI is InChI=1S/C20H18ClF2NO4/c1-11(2)7-19(26)24-13-5-3-12(4-6-13)18(25)10-28-20(27)14-8-16(22)17(23)9-15(14)21/h3-6,8-9,11H,7,10H2,1-2H3,(H,24,26). The van der Waals surface area contributed by atoms with Gasteiger partial charge in [0.15, 0.2) is 24.0 Å². The number of nitrogens with one attached hydrogen (secondary N) is 1. The fourth-order valence-electron chi connectivity index (χ4n) is 2.29. The van der Waals surface area contributed by atoms with E-state index in [-0.39, 0.29) is 28.0 Å². The minimum Gasteiger partial charge on any atom is -0.454 e. The molecule has 0 aromatic heterocycles. The van der Waals surface area contributed by atoms with Crippen LogP contribution in [-0.2, 0) is 9.53 Å². The van der Waals surface area contributed by atoms with Gasteiger partial charge in [-0.05, 0) is 42.3 Å². The summed E-state index contributed by atoms with van der Waals surface area (Å²) in [6.45, 7) is 3.25. The molecule has 0 atom stereocenters. The van der Waals surface area contributed by atoms with E-state index in [4.69, 9.17) is 16.3 Å². The molecule has 1 N–H and O–H groups in total. The van der Waals surface area contributed by atoms with Crippen LogP contribution in [0.5, 0.6) is 0 Å². The van der Waals surface area contributed by atoms with E-state index in [9.17, 15) is 23.2 Å². The summed E-state index contributed by atoms with van der Waals surface area (Å²) in [5.41, 5.74) is 0.412. The lowest BCUT2D eigenvalue weighted by Crippen LogP contribution is -2.16. The lowest BCUT2D eigenvalue weighted by molar-refractivity contribution is -0.116. The lowest BCUT2D eigenvalue weighted by atomic mass is 10.1. The predicted molar refractivity (Wildman–Crippen MR) is 101 cm³/mol. The predicted octanol–water partition coefficient (Wildman–Crippen LogP) is 4.64. The number of hydrogen-bond donors (Lipinski definition) is 1. The third kappa shape index (κ3) is 5.85. The first-order valence-electron chi connectivity index (χ1n) is 8.42. The molecule has 28 heavy (non-hydrogen) atoms. The molecule has 1 amide bonds. The first-order chi connectivity index (χ1) is 13.2. The van der Waals surface area contributed by atoms with Crippen molar-refractivity contribution in [3.8, 4) is 0 Å². The molecule has 8 heteroatoms. The SMILES string of the molecule is CC(C)CC(=O)Nc1ccc(C(=O)COC(=O)c2cc(F)c(F)cc2Cl)cc1. The molecule has 2 aromatic carbocycles. The zero-order chi connectivity index (χ0) is 20.8. The third-order valence-electron chi connectivity index (χ3n) is 3.65. The summed E-state index contributed by atoms with van der Waals surface area (Å²) in [4.78, 5) is 35.8. The third-order valence-corrected chi connectivity index (χ3v) is 3.96. The van der Waals surface area contributed by atoms with Gasteiger partial charge in [-0.25, -0.2) is 13.6 Å². The summed E-state index contributed by atoms with van der Waals surface area (Å²) in [5, 5.41) is 2.39. The van der Waals surface area contributed by atoms with E-state index in [0.717, 1.165) is 0 Å².